The molecule has 2 heterocycles. The van der Waals surface area contributed by atoms with E-state index >= 15 is 0 Å². The van der Waals surface area contributed by atoms with Crippen LogP contribution < -0.4 is 9.80 Å². The van der Waals surface area contributed by atoms with Crippen LogP contribution in [0.25, 0.3) is 33.4 Å². The summed E-state index contributed by atoms with van der Waals surface area (Å²) >= 11 is 0. The maximum absolute atomic E-state index is 2.70. The standard InChI is InChI=1S/C61H68N2/c1-57(2,3)43-29-31-60(9)53(37-43)49-33-39(23-27-55(49)62(60)45-17-13-11-14-18-45)41-21-25-47-48-26-22-42(36-52(48)59(7,8)51(47)35-41)40-24-28-56-50(34-40)54-38-44(58(4,5)6)30-32-61(54,10)63(56)46-19-15-12-16-20-46/h11-28,33-36,43-44,53-54H,29-32,37-38H2,1-10H3. The van der Waals surface area contributed by atoms with Crippen LogP contribution >= 0.6 is 0 Å². The Kier molecular flexibility index (Phi) is 9.01. The Morgan fingerprint density at radius 1 is 0.444 bits per heavy atom. The zero-order chi connectivity index (χ0) is 43.8. The highest BCUT2D eigenvalue weighted by molar-refractivity contribution is 5.88. The first-order chi connectivity index (χ1) is 30.0. The Balaban J connectivity index is 0.945. The molecular weight excluding hydrogens is 761 g/mol. The van der Waals surface area contributed by atoms with Crippen molar-refractivity contribution in [2.24, 2.45) is 22.7 Å². The highest BCUT2D eigenvalue weighted by Crippen LogP contribution is 2.63. The van der Waals surface area contributed by atoms with Gasteiger partial charge in [0.15, 0.2) is 0 Å². The van der Waals surface area contributed by atoms with Gasteiger partial charge in [-0.15, -0.1) is 0 Å². The second-order valence-corrected chi connectivity index (χ2v) is 23.5. The zero-order valence-electron chi connectivity index (χ0n) is 39.6. The lowest BCUT2D eigenvalue weighted by Crippen LogP contribution is -2.48. The molecule has 6 unspecified atom stereocenters. The summed E-state index contributed by atoms with van der Waals surface area (Å²) in [6, 6.07) is 51.9. The van der Waals surface area contributed by atoms with E-state index in [0.717, 1.165) is 0 Å². The van der Waals surface area contributed by atoms with Gasteiger partial charge < -0.3 is 9.80 Å². The van der Waals surface area contributed by atoms with Crippen molar-refractivity contribution in [3.05, 3.63) is 156 Å². The Labute approximate surface area is 378 Å². The number of rotatable bonds is 4. The summed E-state index contributed by atoms with van der Waals surface area (Å²) in [6.45, 7) is 24.7. The first-order valence-corrected chi connectivity index (χ1v) is 24.3. The Hall–Kier alpha value is -5.08. The summed E-state index contributed by atoms with van der Waals surface area (Å²) in [5, 5.41) is 0. The number of fused-ring (bicyclic) bond motifs is 9. The first kappa shape index (κ1) is 40.7. The van der Waals surface area contributed by atoms with Gasteiger partial charge in [-0.3, -0.25) is 0 Å². The van der Waals surface area contributed by atoms with Crippen molar-refractivity contribution in [2.45, 2.75) is 136 Å². The van der Waals surface area contributed by atoms with E-state index in [1.807, 2.05) is 0 Å². The quantitative estimate of drug-likeness (QED) is 0.175. The molecule has 2 heteroatoms. The van der Waals surface area contributed by atoms with Gasteiger partial charge in [0.2, 0.25) is 0 Å². The highest BCUT2D eigenvalue weighted by Gasteiger charge is 2.54. The van der Waals surface area contributed by atoms with Gasteiger partial charge in [0.25, 0.3) is 0 Å². The molecule has 2 fully saturated rings. The van der Waals surface area contributed by atoms with Crippen LogP contribution in [0.3, 0.4) is 0 Å². The maximum atomic E-state index is 2.70. The fourth-order valence-corrected chi connectivity index (χ4v) is 13.7. The maximum Gasteiger partial charge on any atom is 0.0492 e. The van der Waals surface area contributed by atoms with Crippen LogP contribution in [0.4, 0.5) is 22.7 Å². The molecule has 2 aliphatic heterocycles. The Bertz CT molecular complexity index is 2560. The van der Waals surface area contributed by atoms with E-state index in [4.69, 9.17) is 0 Å². The van der Waals surface area contributed by atoms with Crippen molar-refractivity contribution in [3.8, 4) is 33.4 Å². The van der Waals surface area contributed by atoms with Gasteiger partial charge in [0.05, 0.1) is 0 Å². The van der Waals surface area contributed by atoms with Crippen LogP contribution in [-0.2, 0) is 5.41 Å². The molecule has 5 aliphatic rings. The number of benzene rings is 6. The van der Waals surface area contributed by atoms with E-state index in [9.17, 15) is 0 Å². The lowest BCUT2D eigenvalue weighted by Gasteiger charge is -2.49. The molecule has 0 N–H and O–H groups in total. The normalized spacial score (nSPS) is 26.7. The van der Waals surface area contributed by atoms with E-state index in [1.165, 1.54) is 117 Å². The fourth-order valence-electron chi connectivity index (χ4n) is 13.7. The number of hydrogen-bond acceptors (Lipinski definition) is 2. The van der Waals surface area contributed by atoms with E-state index < -0.39 is 0 Å². The highest BCUT2D eigenvalue weighted by atomic mass is 15.2. The number of anilines is 4. The lowest BCUT2D eigenvalue weighted by molar-refractivity contribution is 0.127. The van der Waals surface area contributed by atoms with Gasteiger partial charge in [-0.2, -0.15) is 0 Å². The molecule has 0 saturated heterocycles. The molecule has 11 rings (SSSR count). The van der Waals surface area contributed by atoms with Crippen molar-refractivity contribution in [3.63, 3.8) is 0 Å². The summed E-state index contributed by atoms with van der Waals surface area (Å²) in [7, 11) is 0. The van der Waals surface area contributed by atoms with E-state index in [-0.39, 0.29) is 16.5 Å². The van der Waals surface area contributed by atoms with Crippen LogP contribution in [0.5, 0.6) is 0 Å². The minimum atomic E-state index is -0.123. The topological polar surface area (TPSA) is 6.48 Å². The van der Waals surface area contributed by atoms with Crippen LogP contribution in [0.15, 0.2) is 133 Å². The van der Waals surface area contributed by atoms with E-state index in [2.05, 4.69) is 212 Å². The van der Waals surface area contributed by atoms with Crippen LogP contribution in [0.1, 0.15) is 142 Å². The molecule has 0 amide bonds. The van der Waals surface area contributed by atoms with Crippen LogP contribution in [0, 0.1) is 22.7 Å². The molecule has 6 aromatic rings. The predicted octanol–water partition coefficient (Wildman–Crippen LogP) is 17.0. The zero-order valence-corrected chi connectivity index (χ0v) is 39.6. The average Bonchev–Trinajstić information content (AvgIpc) is 3.78. The molecule has 3 aliphatic carbocycles. The Morgan fingerprint density at radius 3 is 1.19 bits per heavy atom. The number of hydrogen-bond donors (Lipinski definition) is 0. The lowest BCUT2D eigenvalue weighted by atomic mass is 9.62. The van der Waals surface area contributed by atoms with Gasteiger partial charge in [-0.1, -0.05) is 128 Å². The third-order valence-electron chi connectivity index (χ3n) is 17.7. The molecule has 0 bridgehead atoms. The Morgan fingerprint density at radius 2 is 0.810 bits per heavy atom. The fraction of sp³-hybridized carbons (Fsp3) is 0.410. The summed E-state index contributed by atoms with van der Waals surface area (Å²) in [4.78, 5) is 5.40. The first-order valence-electron chi connectivity index (χ1n) is 24.3. The molecule has 0 spiro atoms. The summed E-state index contributed by atoms with van der Waals surface area (Å²) in [5.41, 5.74) is 20.1. The predicted molar refractivity (Wildman–Crippen MR) is 268 cm³/mol. The van der Waals surface area contributed by atoms with E-state index in [1.54, 1.807) is 0 Å². The van der Waals surface area contributed by atoms with Gasteiger partial charge in [0, 0.05) is 51.1 Å². The van der Waals surface area contributed by atoms with Gasteiger partial charge in [-0.25, -0.2) is 0 Å². The summed E-state index contributed by atoms with van der Waals surface area (Å²) in [6.07, 6.45) is 7.45. The monoisotopic (exact) mass is 829 g/mol. The molecule has 2 saturated carbocycles. The van der Waals surface area contributed by atoms with Gasteiger partial charge >= 0.3 is 0 Å². The van der Waals surface area contributed by atoms with Gasteiger partial charge in [0.1, 0.15) is 0 Å². The van der Waals surface area contributed by atoms with Crippen molar-refractivity contribution in [2.75, 3.05) is 9.80 Å². The smallest absolute Gasteiger partial charge is 0.0492 e. The molecule has 6 aromatic carbocycles. The molecule has 2 nitrogen and oxygen atoms in total. The minimum absolute atomic E-state index is 0.0639. The summed E-state index contributed by atoms with van der Waals surface area (Å²) < 4.78 is 0. The van der Waals surface area contributed by atoms with Crippen molar-refractivity contribution >= 4 is 22.7 Å². The number of nitrogens with zero attached hydrogens (tertiary/aromatic N) is 2. The second kappa shape index (κ2) is 14.0. The molecular formula is C61H68N2. The van der Waals surface area contributed by atoms with Crippen molar-refractivity contribution in [1.29, 1.82) is 0 Å². The molecule has 63 heavy (non-hydrogen) atoms. The van der Waals surface area contributed by atoms with Gasteiger partial charge in [-0.05, 0) is 191 Å². The van der Waals surface area contributed by atoms with Crippen molar-refractivity contribution < 1.29 is 0 Å². The molecule has 0 radical (unpaired) electrons. The SMILES string of the molecule is CC1(C)c2cc(-c3ccc4c(c3)C3CC(C(C)(C)C)CCC3(C)N4c3ccccc3)ccc2-c2ccc(-c3ccc4c(c3)C3CC(C(C)(C)C)CCC3(C)N4c3ccccc3)cc21. The molecule has 6 atom stereocenters. The average molecular weight is 829 g/mol. The minimum Gasteiger partial charge on any atom is -0.335 e. The second-order valence-electron chi connectivity index (χ2n) is 23.5. The third-order valence-corrected chi connectivity index (χ3v) is 17.7. The summed E-state index contributed by atoms with van der Waals surface area (Å²) in [5.74, 6) is 2.40. The molecule has 0 aromatic heterocycles. The van der Waals surface area contributed by atoms with Crippen molar-refractivity contribution in [1.82, 2.24) is 0 Å². The third kappa shape index (κ3) is 6.16. The number of para-hydroxylation sites is 2. The van der Waals surface area contributed by atoms with E-state index in [0.29, 0.717) is 34.5 Å². The van der Waals surface area contributed by atoms with Crippen LogP contribution in [0.2, 0.25) is 0 Å². The molecule has 322 valence electrons. The van der Waals surface area contributed by atoms with Crippen LogP contribution in [-0.4, -0.2) is 11.1 Å². The largest absolute Gasteiger partial charge is 0.335 e.